The largest absolute Gasteiger partial charge is 0.377 e. The van der Waals surface area contributed by atoms with Gasteiger partial charge in [0.1, 0.15) is 20.0 Å². The van der Waals surface area contributed by atoms with E-state index in [-0.39, 0.29) is 5.92 Å². The van der Waals surface area contributed by atoms with E-state index in [1.54, 1.807) is 0 Å². The van der Waals surface area contributed by atoms with Crippen LogP contribution < -0.4 is 0 Å². The molecule has 2 atom stereocenters. The summed E-state index contributed by atoms with van der Waals surface area (Å²) in [6, 6.07) is 0. The Labute approximate surface area is 164 Å². The predicted octanol–water partition coefficient (Wildman–Crippen LogP) is 6.52. The van der Waals surface area contributed by atoms with E-state index >= 15 is 0 Å². The van der Waals surface area contributed by atoms with Gasteiger partial charge in [-0.15, -0.1) is 5.54 Å². The van der Waals surface area contributed by atoms with Gasteiger partial charge in [-0.25, -0.2) is 0 Å². The zero-order valence-electron chi connectivity index (χ0n) is 18.2. The lowest BCUT2D eigenvalue weighted by molar-refractivity contribution is -0.117. The van der Waals surface area contributed by atoms with Gasteiger partial charge in [0.05, 0.1) is 5.92 Å². The molecule has 0 aromatic rings. The first kappa shape index (κ1) is 25.4. The van der Waals surface area contributed by atoms with E-state index in [9.17, 15) is 9.90 Å². The molecule has 152 valence electrons. The smallest absolute Gasteiger partial charge is 0.134 e. The number of aliphatic hydroxyl groups is 1. The molecule has 0 spiro atoms. The molecule has 3 heteroatoms. The van der Waals surface area contributed by atoms with Crippen LogP contribution in [0.4, 0.5) is 0 Å². The first-order chi connectivity index (χ1) is 12.3. The molecular formula is C23H44O2Si. The van der Waals surface area contributed by atoms with Crippen molar-refractivity contribution in [2.24, 2.45) is 5.92 Å². The highest BCUT2D eigenvalue weighted by Gasteiger charge is 2.34. The standard InChI is InChI=1S/C23H44O2Si/c1-6-8-10-12-13-15-17-22(21-24)23(25,19-20-26(3,4)5)18-16-14-11-9-7-2/h21-22,25H,6-18H2,1-5H3. The number of carbonyl (C=O) groups is 1. The second kappa shape index (κ2) is 14.5. The zero-order chi connectivity index (χ0) is 19.9. The Morgan fingerprint density at radius 1 is 0.885 bits per heavy atom. The first-order valence-corrected chi connectivity index (χ1v) is 14.5. The first-order valence-electron chi connectivity index (χ1n) is 11.0. The monoisotopic (exact) mass is 380 g/mol. The fourth-order valence-electron chi connectivity index (χ4n) is 3.20. The van der Waals surface area contributed by atoms with Crippen LogP contribution in [-0.4, -0.2) is 25.1 Å². The summed E-state index contributed by atoms with van der Waals surface area (Å²) in [7, 11) is -1.58. The van der Waals surface area contributed by atoms with Gasteiger partial charge in [0.2, 0.25) is 0 Å². The summed E-state index contributed by atoms with van der Waals surface area (Å²) >= 11 is 0. The van der Waals surface area contributed by atoms with E-state index < -0.39 is 13.7 Å². The molecule has 0 aliphatic rings. The van der Waals surface area contributed by atoms with Crippen molar-refractivity contribution in [2.45, 2.75) is 123 Å². The summed E-state index contributed by atoms with van der Waals surface area (Å²) in [5, 5.41) is 11.2. The molecule has 2 unspecified atom stereocenters. The summed E-state index contributed by atoms with van der Waals surface area (Å²) in [6.45, 7) is 11.0. The fraction of sp³-hybridized carbons (Fsp3) is 0.870. The minimum Gasteiger partial charge on any atom is -0.377 e. The average Bonchev–Trinajstić information content (AvgIpc) is 2.58. The maximum Gasteiger partial charge on any atom is 0.134 e. The van der Waals surface area contributed by atoms with Crippen molar-refractivity contribution in [1.82, 2.24) is 0 Å². The van der Waals surface area contributed by atoms with Gasteiger partial charge in [-0.2, -0.15) is 0 Å². The van der Waals surface area contributed by atoms with Crippen LogP contribution in [0.5, 0.6) is 0 Å². The Morgan fingerprint density at radius 2 is 1.38 bits per heavy atom. The normalized spacial score (nSPS) is 15.0. The van der Waals surface area contributed by atoms with Crippen molar-refractivity contribution in [3.63, 3.8) is 0 Å². The minimum absolute atomic E-state index is 0.344. The Hall–Kier alpha value is -0.593. The Morgan fingerprint density at radius 3 is 1.88 bits per heavy atom. The third-order valence-electron chi connectivity index (χ3n) is 4.96. The molecule has 0 aromatic heterocycles. The van der Waals surface area contributed by atoms with Crippen LogP contribution in [0.15, 0.2) is 0 Å². The molecule has 0 heterocycles. The molecule has 26 heavy (non-hydrogen) atoms. The minimum atomic E-state index is -1.58. The van der Waals surface area contributed by atoms with E-state index in [1.165, 1.54) is 44.9 Å². The fourth-order valence-corrected chi connectivity index (χ4v) is 3.79. The Kier molecular flexibility index (Phi) is 14.1. The van der Waals surface area contributed by atoms with Crippen LogP contribution in [0.1, 0.15) is 97.3 Å². The van der Waals surface area contributed by atoms with Crippen LogP contribution in [0, 0.1) is 17.4 Å². The number of hydrogen-bond acceptors (Lipinski definition) is 2. The third kappa shape index (κ3) is 12.7. The molecule has 0 amide bonds. The van der Waals surface area contributed by atoms with Crippen molar-refractivity contribution < 1.29 is 9.90 Å². The van der Waals surface area contributed by atoms with Crippen molar-refractivity contribution in [1.29, 1.82) is 0 Å². The number of carbonyl (C=O) groups excluding carboxylic acids is 1. The number of rotatable bonds is 15. The van der Waals surface area contributed by atoms with Crippen LogP contribution in [0.25, 0.3) is 0 Å². The summed E-state index contributed by atoms with van der Waals surface area (Å²) in [5.74, 6) is 2.83. The van der Waals surface area contributed by atoms with Gasteiger partial charge < -0.3 is 9.90 Å². The Bertz CT molecular complexity index is 416. The van der Waals surface area contributed by atoms with Gasteiger partial charge in [-0.05, 0) is 19.3 Å². The maximum absolute atomic E-state index is 11.8. The molecule has 0 aliphatic carbocycles. The third-order valence-corrected chi connectivity index (χ3v) is 5.84. The molecule has 0 saturated carbocycles. The van der Waals surface area contributed by atoms with E-state index in [0.29, 0.717) is 6.42 Å². The molecule has 0 saturated heterocycles. The summed E-state index contributed by atoms with van der Waals surface area (Å²) < 4.78 is 0. The SMILES string of the molecule is CCCCCCCCC(C=O)C(O)(C#C[Si](C)(C)C)CCCCCCC. The quantitative estimate of drug-likeness (QED) is 0.152. The highest BCUT2D eigenvalue weighted by atomic mass is 28.3. The van der Waals surface area contributed by atoms with E-state index in [1.807, 2.05) is 0 Å². The predicted molar refractivity (Wildman–Crippen MR) is 117 cm³/mol. The lowest BCUT2D eigenvalue weighted by Gasteiger charge is -2.29. The highest BCUT2D eigenvalue weighted by Crippen LogP contribution is 2.28. The molecule has 1 N–H and O–H groups in total. The molecular weight excluding hydrogens is 336 g/mol. The van der Waals surface area contributed by atoms with Gasteiger partial charge in [0.15, 0.2) is 0 Å². The molecule has 0 aromatic carbocycles. The van der Waals surface area contributed by atoms with Gasteiger partial charge >= 0.3 is 0 Å². The van der Waals surface area contributed by atoms with Crippen LogP contribution in [-0.2, 0) is 4.79 Å². The number of hydrogen-bond donors (Lipinski definition) is 1. The molecule has 0 fully saturated rings. The van der Waals surface area contributed by atoms with Crippen molar-refractivity contribution in [3.05, 3.63) is 0 Å². The van der Waals surface area contributed by atoms with Gasteiger partial charge in [0, 0.05) is 0 Å². The second-order valence-corrected chi connectivity index (χ2v) is 13.6. The summed E-state index contributed by atoms with van der Waals surface area (Å²) in [6.07, 6.45) is 15.3. The van der Waals surface area contributed by atoms with Gasteiger partial charge in [-0.3, -0.25) is 0 Å². The topological polar surface area (TPSA) is 37.3 Å². The molecule has 0 radical (unpaired) electrons. The molecule has 0 aliphatic heterocycles. The second-order valence-electron chi connectivity index (χ2n) is 8.89. The van der Waals surface area contributed by atoms with Crippen LogP contribution in [0.2, 0.25) is 19.6 Å². The summed E-state index contributed by atoms with van der Waals surface area (Å²) in [4.78, 5) is 11.8. The maximum atomic E-state index is 11.8. The van der Waals surface area contributed by atoms with Crippen LogP contribution in [0.3, 0.4) is 0 Å². The van der Waals surface area contributed by atoms with Crippen molar-refractivity contribution in [3.8, 4) is 11.5 Å². The van der Waals surface area contributed by atoms with Crippen LogP contribution >= 0.6 is 0 Å². The highest BCUT2D eigenvalue weighted by molar-refractivity contribution is 6.83. The van der Waals surface area contributed by atoms with Gasteiger partial charge in [0.25, 0.3) is 0 Å². The van der Waals surface area contributed by atoms with Gasteiger partial charge in [-0.1, -0.05) is 104 Å². The lowest BCUT2D eigenvalue weighted by atomic mass is 9.81. The Balaban J connectivity index is 4.78. The number of unbranched alkanes of at least 4 members (excludes halogenated alkanes) is 9. The van der Waals surface area contributed by atoms with E-state index in [0.717, 1.165) is 38.4 Å². The van der Waals surface area contributed by atoms with Crippen molar-refractivity contribution in [2.75, 3.05) is 0 Å². The zero-order valence-corrected chi connectivity index (χ0v) is 19.2. The molecule has 0 rings (SSSR count). The van der Waals surface area contributed by atoms with E-state index in [2.05, 4.69) is 45.0 Å². The average molecular weight is 381 g/mol. The molecule has 2 nitrogen and oxygen atoms in total. The molecule has 0 bridgehead atoms. The van der Waals surface area contributed by atoms with E-state index in [4.69, 9.17) is 0 Å². The van der Waals surface area contributed by atoms with Crippen molar-refractivity contribution >= 4 is 14.4 Å². The summed E-state index contributed by atoms with van der Waals surface area (Å²) in [5.41, 5.74) is 2.20. The lowest BCUT2D eigenvalue weighted by Crippen LogP contribution is -2.38. The number of aldehydes is 1.